The number of aryl methyl sites for hydroxylation is 1. The quantitative estimate of drug-likeness (QED) is 0.510. The fourth-order valence-corrected chi connectivity index (χ4v) is 5.81. The molecule has 3 aromatic rings. The normalized spacial score (nSPS) is 14.1. The van der Waals surface area contributed by atoms with Crippen molar-refractivity contribution in [1.29, 1.82) is 0 Å². The van der Waals surface area contributed by atoms with Crippen LogP contribution in [0.1, 0.15) is 11.4 Å². The summed E-state index contributed by atoms with van der Waals surface area (Å²) >= 11 is 0.936. The van der Waals surface area contributed by atoms with Gasteiger partial charge in [0.2, 0.25) is 0 Å². The molecule has 12 heteroatoms. The van der Waals surface area contributed by atoms with Crippen LogP contribution in [0.2, 0.25) is 0 Å². The Kier molecular flexibility index (Phi) is 7.41. The Balaban J connectivity index is 1.58. The first kappa shape index (κ1) is 24.1. The molecule has 3 heterocycles. The van der Waals surface area contributed by atoms with Gasteiger partial charge in [-0.2, -0.15) is 0 Å². The summed E-state index contributed by atoms with van der Waals surface area (Å²) in [5, 5.41) is 3.15. The zero-order valence-corrected chi connectivity index (χ0v) is 20.5. The van der Waals surface area contributed by atoms with Crippen molar-refractivity contribution in [3.05, 3.63) is 60.0 Å². The molecule has 34 heavy (non-hydrogen) atoms. The lowest BCUT2D eigenvalue weighted by molar-refractivity contribution is 0.122. The van der Waals surface area contributed by atoms with Crippen LogP contribution in [0.25, 0.3) is 0 Å². The highest BCUT2D eigenvalue weighted by atomic mass is 32.2. The molecule has 0 radical (unpaired) electrons. The van der Waals surface area contributed by atoms with Gasteiger partial charge in [-0.05, 0) is 50.4 Å². The van der Waals surface area contributed by atoms with E-state index in [0.29, 0.717) is 30.3 Å². The summed E-state index contributed by atoms with van der Waals surface area (Å²) in [6.07, 6.45) is 1.64. The second-order valence-corrected chi connectivity index (χ2v) is 10.6. The number of nitrogens with zero attached hydrogens (tertiary/aromatic N) is 4. The SMILES string of the molecule is CNS(=O)(=O)c1sc(N(Cc2ccccn2)C(=O)Nc2ccc(N3CCOCC3)cc2)nc1C. The molecule has 0 bridgehead atoms. The summed E-state index contributed by atoms with van der Waals surface area (Å²) in [5.74, 6) is 0. The summed E-state index contributed by atoms with van der Waals surface area (Å²) in [6.45, 7) is 4.77. The van der Waals surface area contributed by atoms with Crippen LogP contribution < -0.4 is 19.8 Å². The standard InChI is InChI=1S/C22H26N6O4S2/c1-16-20(34(30,31)23-2)33-22(25-16)28(15-18-5-3-4-10-24-18)21(29)26-17-6-8-19(9-7-17)27-11-13-32-14-12-27/h3-10,23H,11-15H2,1-2H3,(H,26,29). The average Bonchev–Trinajstić information content (AvgIpc) is 3.26. The summed E-state index contributed by atoms with van der Waals surface area (Å²) in [4.78, 5) is 25.6. The number of rotatable bonds is 7. The minimum atomic E-state index is -3.70. The fraction of sp³-hybridized carbons (Fsp3) is 0.318. The van der Waals surface area contributed by atoms with Crippen molar-refractivity contribution in [3.8, 4) is 0 Å². The number of carbonyl (C=O) groups excluding carboxylic acids is 1. The second-order valence-electron chi connectivity index (χ2n) is 7.56. The number of ether oxygens (including phenoxy) is 1. The lowest BCUT2D eigenvalue weighted by atomic mass is 10.2. The van der Waals surface area contributed by atoms with E-state index in [4.69, 9.17) is 4.74 Å². The highest BCUT2D eigenvalue weighted by Crippen LogP contribution is 2.31. The molecule has 1 saturated heterocycles. The average molecular weight is 503 g/mol. The molecular formula is C22H26N6O4S2. The predicted octanol–water partition coefficient (Wildman–Crippen LogP) is 2.83. The number of amides is 2. The van der Waals surface area contributed by atoms with E-state index in [1.165, 1.54) is 11.9 Å². The van der Waals surface area contributed by atoms with Gasteiger partial charge in [0.15, 0.2) is 9.34 Å². The predicted molar refractivity (Wildman–Crippen MR) is 132 cm³/mol. The van der Waals surface area contributed by atoms with Crippen molar-refractivity contribution in [1.82, 2.24) is 14.7 Å². The van der Waals surface area contributed by atoms with E-state index in [9.17, 15) is 13.2 Å². The van der Waals surface area contributed by atoms with Gasteiger partial charge in [0, 0.05) is 30.7 Å². The number of carbonyl (C=O) groups is 1. The Labute approximate surface area is 202 Å². The van der Waals surface area contributed by atoms with Crippen LogP contribution in [-0.4, -0.2) is 57.8 Å². The van der Waals surface area contributed by atoms with Crippen molar-refractivity contribution in [2.75, 3.05) is 48.5 Å². The second kappa shape index (κ2) is 10.5. The first-order valence-corrected chi connectivity index (χ1v) is 13.0. The molecule has 1 fully saturated rings. The Hall–Kier alpha value is -3.06. The lowest BCUT2D eigenvalue weighted by Crippen LogP contribution is -2.36. The van der Waals surface area contributed by atoms with Crippen LogP contribution >= 0.6 is 11.3 Å². The monoisotopic (exact) mass is 502 g/mol. The zero-order chi connectivity index (χ0) is 24.1. The Bertz CT molecular complexity index is 1230. The molecule has 0 spiro atoms. The molecule has 4 rings (SSSR count). The number of aromatic nitrogens is 2. The van der Waals surface area contributed by atoms with Gasteiger partial charge in [-0.25, -0.2) is 22.9 Å². The van der Waals surface area contributed by atoms with E-state index in [0.717, 1.165) is 30.1 Å². The molecule has 180 valence electrons. The van der Waals surface area contributed by atoms with Crippen LogP contribution in [0.3, 0.4) is 0 Å². The third-order valence-corrected chi connectivity index (χ3v) is 8.48. The molecule has 2 amide bonds. The summed E-state index contributed by atoms with van der Waals surface area (Å²) in [5.41, 5.74) is 2.64. The maximum atomic E-state index is 13.3. The first-order valence-electron chi connectivity index (χ1n) is 10.7. The van der Waals surface area contributed by atoms with Crippen LogP contribution in [0.4, 0.5) is 21.3 Å². The van der Waals surface area contributed by atoms with Gasteiger partial charge >= 0.3 is 6.03 Å². The molecule has 1 aromatic carbocycles. The molecule has 1 aliphatic rings. The molecular weight excluding hydrogens is 476 g/mol. The minimum Gasteiger partial charge on any atom is -0.378 e. The number of benzene rings is 1. The number of hydrogen-bond acceptors (Lipinski definition) is 8. The van der Waals surface area contributed by atoms with Crippen molar-refractivity contribution in [2.45, 2.75) is 17.7 Å². The summed E-state index contributed by atoms with van der Waals surface area (Å²) in [7, 11) is -2.36. The van der Waals surface area contributed by atoms with Gasteiger partial charge in [0.05, 0.1) is 31.1 Å². The smallest absolute Gasteiger partial charge is 0.328 e. The number of anilines is 3. The lowest BCUT2D eigenvalue weighted by Gasteiger charge is -2.29. The Morgan fingerprint density at radius 2 is 1.91 bits per heavy atom. The van der Waals surface area contributed by atoms with Crippen LogP contribution in [-0.2, 0) is 21.3 Å². The largest absolute Gasteiger partial charge is 0.378 e. The number of hydrogen-bond donors (Lipinski definition) is 2. The topological polar surface area (TPSA) is 117 Å². The van der Waals surface area contributed by atoms with E-state index in [2.05, 4.69) is 24.9 Å². The van der Waals surface area contributed by atoms with Crippen molar-refractivity contribution in [3.63, 3.8) is 0 Å². The highest BCUT2D eigenvalue weighted by Gasteiger charge is 2.26. The van der Waals surface area contributed by atoms with Crippen molar-refractivity contribution >= 4 is 43.9 Å². The zero-order valence-electron chi connectivity index (χ0n) is 18.9. The van der Waals surface area contributed by atoms with Gasteiger partial charge in [0.1, 0.15) is 0 Å². The molecule has 0 atom stereocenters. The third kappa shape index (κ3) is 5.53. The third-order valence-electron chi connectivity index (χ3n) is 5.27. The minimum absolute atomic E-state index is 0.0682. The van der Waals surface area contributed by atoms with Gasteiger partial charge in [0.25, 0.3) is 10.0 Å². The number of urea groups is 1. The van der Waals surface area contributed by atoms with E-state index in [1.807, 2.05) is 30.3 Å². The van der Waals surface area contributed by atoms with E-state index >= 15 is 0 Å². The van der Waals surface area contributed by atoms with Crippen LogP contribution in [0, 0.1) is 6.92 Å². The number of sulfonamides is 1. The number of nitrogens with one attached hydrogen (secondary N) is 2. The van der Waals surface area contributed by atoms with Crippen molar-refractivity contribution in [2.24, 2.45) is 0 Å². The molecule has 0 saturated carbocycles. The van der Waals surface area contributed by atoms with E-state index in [1.54, 1.807) is 25.3 Å². The number of pyridine rings is 1. The van der Waals surface area contributed by atoms with E-state index < -0.39 is 16.1 Å². The van der Waals surface area contributed by atoms with Gasteiger partial charge in [-0.15, -0.1) is 0 Å². The highest BCUT2D eigenvalue weighted by molar-refractivity contribution is 7.91. The van der Waals surface area contributed by atoms with Crippen LogP contribution in [0.5, 0.6) is 0 Å². The number of thiazole rings is 1. The fourth-order valence-electron chi connectivity index (χ4n) is 3.47. The Morgan fingerprint density at radius 1 is 1.18 bits per heavy atom. The molecule has 10 nitrogen and oxygen atoms in total. The molecule has 2 aromatic heterocycles. The van der Waals surface area contributed by atoms with Crippen molar-refractivity contribution < 1.29 is 17.9 Å². The van der Waals surface area contributed by atoms with Gasteiger partial charge < -0.3 is 15.0 Å². The van der Waals surface area contributed by atoms with E-state index in [-0.39, 0.29) is 15.9 Å². The van der Waals surface area contributed by atoms with Gasteiger partial charge in [-0.1, -0.05) is 17.4 Å². The number of morpholine rings is 1. The maximum absolute atomic E-state index is 13.3. The van der Waals surface area contributed by atoms with Gasteiger partial charge in [-0.3, -0.25) is 9.88 Å². The summed E-state index contributed by atoms with van der Waals surface area (Å²) < 4.78 is 32.5. The summed E-state index contributed by atoms with van der Waals surface area (Å²) in [6, 6.07) is 12.6. The Morgan fingerprint density at radius 3 is 2.56 bits per heavy atom. The van der Waals surface area contributed by atoms with Crippen LogP contribution in [0.15, 0.2) is 52.9 Å². The molecule has 0 unspecified atom stereocenters. The first-order chi connectivity index (χ1) is 16.4. The molecule has 0 aliphatic carbocycles. The molecule has 2 N–H and O–H groups in total. The maximum Gasteiger partial charge on any atom is 0.328 e. The molecule has 1 aliphatic heterocycles.